The Labute approximate surface area is 322 Å². The summed E-state index contributed by atoms with van der Waals surface area (Å²) in [6.45, 7) is 13.9. The van der Waals surface area contributed by atoms with Crippen molar-refractivity contribution in [1.82, 2.24) is 0 Å². The first-order valence-electron chi connectivity index (χ1n) is 20.0. The van der Waals surface area contributed by atoms with Crippen LogP contribution in [0.25, 0.3) is 109 Å². The number of hydrogen-bond acceptors (Lipinski definition) is 0. The van der Waals surface area contributed by atoms with Gasteiger partial charge in [-0.1, -0.05) is 175 Å². The van der Waals surface area contributed by atoms with Gasteiger partial charge in [-0.3, -0.25) is 0 Å². The molecule has 0 amide bonds. The summed E-state index contributed by atoms with van der Waals surface area (Å²) < 4.78 is 0. The van der Waals surface area contributed by atoms with Crippen molar-refractivity contribution in [3.8, 4) is 44.5 Å². The molecule has 0 atom stereocenters. The summed E-state index contributed by atoms with van der Waals surface area (Å²) in [5, 5.41) is 16.4. The Morgan fingerprint density at radius 1 is 0.309 bits per heavy atom. The molecule has 2 aliphatic carbocycles. The van der Waals surface area contributed by atoms with Gasteiger partial charge in [0.1, 0.15) is 0 Å². The van der Waals surface area contributed by atoms with Gasteiger partial charge in [-0.2, -0.15) is 0 Å². The third-order valence-electron chi connectivity index (χ3n) is 13.2. The van der Waals surface area contributed by atoms with E-state index in [2.05, 4.69) is 175 Å². The van der Waals surface area contributed by atoms with Crippen molar-refractivity contribution in [3.63, 3.8) is 0 Å². The highest BCUT2D eigenvalue weighted by molar-refractivity contribution is 6.29. The minimum atomic E-state index is 0.0827. The molecule has 10 aromatic rings. The SMILES string of the molecule is CC(C)(C)c1cc2c3c(ccc4c(-c5ccc6c7c(ccc(-c8ccc9ccc%10cc(C(C)(C)C)cc%11ccc8c9c%10%11)c57)-c5ccccc5-6)ccc(c43)C2)c1. The maximum Gasteiger partial charge on any atom is -0.00129 e. The second-order valence-electron chi connectivity index (χ2n) is 18.5. The van der Waals surface area contributed by atoms with Crippen LogP contribution in [0, 0.1) is 0 Å². The van der Waals surface area contributed by atoms with Crippen LogP contribution in [0.2, 0.25) is 0 Å². The van der Waals surface area contributed by atoms with E-state index in [4.69, 9.17) is 0 Å². The van der Waals surface area contributed by atoms with Gasteiger partial charge in [-0.15, -0.1) is 0 Å². The molecule has 10 aromatic carbocycles. The zero-order valence-corrected chi connectivity index (χ0v) is 32.4. The molecule has 0 bridgehead atoms. The molecule has 0 heterocycles. The Morgan fingerprint density at radius 3 is 1.33 bits per heavy atom. The Kier molecular flexibility index (Phi) is 5.94. The fraction of sp³-hybridized carbons (Fsp3) is 0.164. The van der Waals surface area contributed by atoms with Crippen molar-refractivity contribution in [2.75, 3.05) is 0 Å². The highest BCUT2D eigenvalue weighted by atomic mass is 14.3. The Balaban J connectivity index is 1.18. The predicted molar refractivity (Wildman–Crippen MR) is 238 cm³/mol. The molecule has 0 saturated carbocycles. The molecule has 0 radical (unpaired) electrons. The molecule has 0 N–H and O–H groups in total. The van der Waals surface area contributed by atoms with E-state index in [9.17, 15) is 0 Å². The molecule has 0 nitrogen and oxygen atoms in total. The van der Waals surface area contributed by atoms with Crippen LogP contribution in [-0.2, 0) is 17.3 Å². The Morgan fingerprint density at radius 2 is 0.745 bits per heavy atom. The van der Waals surface area contributed by atoms with Crippen LogP contribution in [0.3, 0.4) is 0 Å². The summed E-state index contributed by atoms with van der Waals surface area (Å²) in [7, 11) is 0. The van der Waals surface area contributed by atoms with E-state index in [1.807, 2.05) is 0 Å². The topological polar surface area (TPSA) is 0 Å². The lowest BCUT2D eigenvalue weighted by molar-refractivity contribution is 0.590. The monoisotopic (exact) mass is 702 g/mol. The van der Waals surface area contributed by atoms with E-state index in [-0.39, 0.29) is 10.8 Å². The van der Waals surface area contributed by atoms with Gasteiger partial charge in [-0.25, -0.2) is 0 Å². The fourth-order valence-corrected chi connectivity index (χ4v) is 10.5. The normalized spacial score (nSPS) is 13.6. The summed E-state index contributed by atoms with van der Waals surface area (Å²) in [5.41, 5.74) is 16.5. The summed E-state index contributed by atoms with van der Waals surface area (Å²) in [5.74, 6) is 0. The van der Waals surface area contributed by atoms with Crippen LogP contribution in [0.4, 0.5) is 0 Å². The first kappa shape index (κ1) is 31.4. The molecule has 2 aliphatic rings. The Hall–Kier alpha value is -5.98. The van der Waals surface area contributed by atoms with Gasteiger partial charge in [0.25, 0.3) is 0 Å². The molecule has 0 unspecified atom stereocenters. The van der Waals surface area contributed by atoms with Crippen LogP contribution >= 0.6 is 0 Å². The minimum absolute atomic E-state index is 0.0827. The second-order valence-corrected chi connectivity index (χ2v) is 18.5. The smallest absolute Gasteiger partial charge is 0.00129 e. The molecule has 0 aliphatic heterocycles. The zero-order chi connectivity index (χ0) is 37.1. The van der Waals surface area contributed by atoms with E-state index >= 15 is 0 Å². The van der Waals surface area contributed by atoms with E-state index in [1.165, 1.54) is 131 Å². The van der Waals surface area contributed by atoms with Crippen LogP contribution in [-0.4, -0.2) is 0 Å². The quantitative estimate of drug-likeness (QED) is 0.157. The van der Waals surface area contributed by atoms with Gasteiger partial charge in [0.05, 0.1) is 0 Å². The lowest BCUT2D eigenvalue weighted by atomic mass is 9.82. The van der Waals surface area contributed by atoms with Gasteiger partial charge in [-0.05, 0) is 149 Å². The minimum Gasteiger partial charge on any atom is -0.0616 e. The first-order chi connectivity index (χ1) is 26.5. The van der Waals surface area contributed by atoms with Crippen LogP contribution in [0.5, 0.6) is 0 Å². The standard InChI is InChI=1S/C55H42/c1-54(2,3)36-26-32-12-11-30-13-17-40(42-19-15-33(27-36)48(32)50(30)42)46-23-21-44-38-9-7-8-10-39(38)45-22-24-47(53(46)52(44)45)41-18-14-31-25-35-29-37(55(4,5)6)28-34-16-20-43(41)51(31)49(34)35/h7-24,26-29H,25H2,1-6H3. The molecule has 55 heavy (non-hydrogen) atoms. The number of benzene rings is 10. The molecule has 12 rings (SSSR count). The average molecular weight is 703 g/mol. The lowest BCUT2D eigenvalue weighted by Gasteiger charge is -2.22. The first-order valence-corrected chi connectivity index (χ1v) is 20.0. The summed E-state index contributed by atoms with van der Waals surface area (Å²) in [4.78, 5) is 0. The number of fused-ring (bicyclic) bond motifs is 3. The van der Waals surface area contributed by atoms with Gasteiger partial charge in [0, 0.05) is 0 Å². The van der Waals surface area contributed by atoms with Crippen molar-refractivity contribution in [1.29, 1.82) is 0 Å². The molecule has 0 aromatic heterocycles. The van der Waals surface area contributed by atoms with Crippen LogP contribution in [0.15, 0.2) is 133 Å². The summed E-state index contributed by atoms with van der Waals surface area (Å²) in [6, 6.07) is 52.2. The molecule has 0 heteroatoms. The van der Waals surface area contributed by atoms with Crippen molar-refractivity contribution >= 4 is 64.6 Å². The van der Waals surface area contributed by atoms with Crippen LogP contribution < -0.4 is 0 Å². The molecular formula is C55H42. The van der Waals surface area contributed by atoms with E-state index in [1.54, 1.807) is 0 Å². The highest BCUT2D eigenvalue weighted by Crippen LogP contribution is 2.54. The third-order valence-corrected chi connectivity index (χ3v) is 13.2. The lowest BCUT2D eigenvalue weighted by Crippen LogP contribution is -2.11. The third kappa shape index (κ3) is 4.18. The predicted octanol–water partition coefficient (Wildman–Crippen LogP) is 15.5. The number of hydrogen-bond donors (Lipinski definition) is 0. The van der Waals surface area contributed by atoms with E-state index in [0.717, 1.165) is 6.42 Å². The molecule has 0 spiro atoms. The van der Waals surface area contributed by atoms with Crippen molar-refractivity contribution in [2.24, 2.45) is 0 Å². The molecular weight excluding hydrogens is 661 g/mol. The maximum absolute atomic E-state index is 2.48. The van der Waals surface area contributed by atoms with E-state index in [0.29, 0.717) is 0 Å². The molecule has 0 fully saturated rings. The average Bonchev–Trinajstić information content (AvgIpc) is 3.72. The molecule has 0 saturated heterocycles. The number of rotatable bonds is 2. The molecule has 262 valence electrons. The van der Waals surface area contributed by atoms with Crippen molar-refractivity contribution in [2.45, 2.75) is 58.8 Å². The van der Waals surface area contributed by atoms with Gasteiger partial charge < -0.3 is 0 Å². The highest BCUT2D eigenvalue weighted by Gasteiger charge is 2.28. The van der Waals surface area contributed by atoms with Gasteiger partial charge in [0.15, 0.2) is 0 Å². The maximum atomic E-state index is 2.48. The zero-order valence-electron chi connectivity index (χ0n) is 32.4. The second kappa shape index (κ2) is 10.4. The summed E-state index contributed by atoms with van der Waals surface area (Å²) in [6.07, 6.45) is 1.00. The van der Waals surface area contributed by atoms with Gasteiger partial charge in [0.2, 0.25) is 0 Å². The fourth-order valence-electron chi connectivity index (χ4n) is 10.5. The van der Waals surface area contributed by atoms with Crippen LogP contribution in [0.1, 0.15) is 63.8 Å². The Bertz CT molecular complexity index is 3290. The van der Waals surface area contributed by atoms with Crippen molar-refractivity contribution in [3.05, 3.63) is 156 Å². The van der Waals surface area contributed by atoms with Crippen molar-refractivity contribution < 1.29 is 0 Å². The van der Waals surface area contributed by atoms with Gasteiger partial charge >= 0.3 is 0 Å². The van der Waals surface area contributed by atoms with E-state index < -0.39 is 0 Å². The summed E-state index contributed by atoms with van der Waals surface area (Å²) >= 11 is 0. The largest absolute Gasteiger partial charge is 0.0616 e.